The summed E-state index contributed by atoms with van der Waals surface area (Å²) in [6.07, 6.45) is 0.951. The van der Waals surface area contributed by atoms with E-state index in [1.165, 1.54) is 5.56 Å². The summed E-state index contributed by atoms with van der Waals surface area (Å²) in [4.78, 5) is 37.2. The van der Waals surface area contributed by atoms with E-state index < -0.39 is 11.8 Å². The molecule has 0 fully saturated rings. The third-order valence-corrected chi connectivity index (χ3v) is 5.09. The molecule has 3 N–H and O–H groups in total. The molecule has 3 aromatic rings. The van der Waals surface area contributed by atoms with E-state index in [4.69, 9.17) is 11.6 Å². The van der Waals surface area contributed by atoms with Gasteiger partial charge in [-0.1, -0.05) is 67.1 Å². The number of anilines is 1. The largest absolute Gasteiger partial charge is 0.348 e. The van der Waals surface area contributed by atoms with Crippen molar-refractivity contribution in [1.29, 1.82) is 0 Å². The Morgan fingerprint density at radius 3 is 2.16 bits per heavy atom. The molecule has 7 heteroatoms. The molecular weight excluding hydrogens is 426 g/mol. The van der Waals surface area contributed by atoms with Crippen molar-refractivity contribution in [2.45, 2.75) is 26.4 Å². The molecule has 0 spiro atoms. The number of para-hydroxylation sites is 1. The lowest BCUT2D eigenvalue weighted by atomic mass is 10.1. The van der Waals surface area contributed by atoms with Gasteiger partial charge in [0.05, 0.1) is 11.3 Å². The molecule has 0 bridgehead atoms. The van der Waals surface area contributed by atoms with Crippen LogP contribution >= 0.6 is 11.6 Å². The molecule has 3 rings (SSSR count). The molecule has 0 saturated heterocycles. The first-order valence-corrected chi connectivity index (χ1v) is 10.6. The van der Waals surface area contributed by atoms with Crippen LogP contribution in [0.4, 0.5) is 5.69 Å². The van der Waals surface area contributed by atoms with Gasteiger partial charge in [0, 0.05) is 18.1 Å². The molecule has 0 saturated carbocycles. The Morgan fingerprint density at radius 1 is 0.750 bits per heavy atom. The second-order valence-electron chi connectivity index (χ2n) is 7.17. The molecule has 3 aromatic carbocycles. The minimum Gasteiger partial charge on any atom is -0.348 e. The average molecular weight is 450 g/mol. The van der Waals surface area contributed by atoms with Gasteiger partial charge in [0.1, 0.15) is 0 Å². The van der Waals surface area contributed by atoms with Crippen molar-refractivity contribution in [3.8, 4) is 0 Å². The van der Waals surface area contributed by atoms with Crippen LogP contribution in [0.2, 0.25) is 5.02 Å². The molecule has 0 radical (unpaired) electrons. The van der Waals surface area contributed by atoms with Crippen LogP contribution in [0.3, 0.4) is 0 Å². The van der Waals surface area contributed by atoms with Gasteiger partial charge in [0.2, 0.25) is 0 Å². The number of aryl methyl sites for hydroxylation is 1. The van der Waals surface area contributed by atoms with Crippen LogP contribution in [-0.4, -0.2) is 17.7 Å². The quantitative estimate of drug-likeness (QED) is 0.475. The summed E-state index contributed by atoms with van der Waals surface area (Å²) in [7, 11) is 0. The molecule has 32 heavy (non-hydrogen) atoms. The van der Waals surface area contributed by atoms with E-state index in [9.17, 15) is 14.4 Å². The van der Waals surface area contributed by atoms with Gasteiger partial charge in [-0.25, -0.2) is 0 Å². The third kappa shape index (κ3) is 6.43. The monoisotopic (exact) mass is 449 g/mol. The number of carbonyl (C=O) groups is 3. The topological polar surface area (TPSA) is 87.3 Å². The van der Waals surface area contributed by atoms with E-state index in [1.54, 1.807) is 48.5 Å². The SMILES string of the molecule is CCc1ccc(CNC(=O)c2ccccc2NC(=O)C(=O)NCc2cccc(Cl)c2)cc1. The highest BCUT2D eigenvalue weighted by Crippen LogP contribution is 2.16. The van der Waals surface area contributed by atoms with E-state index >= 15 is 0 Å². The van der Waals surface area contributed by atoms with Crippen LogP contribution in [0.5, 0.6) is 0 Å². The van der Waals surface area contributed by atoms with Gasteiger partial charge in [-0.3, -0.25) is 14.4 Å². The maximum atomic E-state index is 12.7. The Hall–Kier alpha value is -3.64. The van der Waals surface area contributed by atoms with Gasteiger partial charge < -0.3 is 16.0 Å². The van der Waals surface area contributed by atoms with Crippen molar-refractivity contribution in [3.63, 3.8) is 0 Å². The zero-order valence-electron chi connectivity index (χ0n) is 17.7. The minimum absolute atomic E-state index is 0.158. The summed E-state index contributed by atoms with van der Waals surface area (Å²) < 4.78 is 0. The Kier molecular flexibility index (Phi) is 8.00. The van der Waals surface area contributed by atoms with E-state index in [0.717, 1.165) is 17.5 Å². The van der Waals surface area contributed by atoms with E-state index in [1.807, 2.05) is 24.3 Å². The number of rotatable bonds is 7. The second kappa shape index (κ2) is 11.1. The van der Waals surface area contributed by atoms with Gasteiger partial charge in [-0.2, -0.15) is 0 Å². The van der Waals surface area contributed by atoms with Gasteiger partial charge >= 0.3 is 11.8 Å². The normalized spacial score (nSPS) is 10.3. The Bertz CT molecular complexity index is 1110. The summed E-state index contributed by atoms with van der Waals surface area (Å²) in [5.41, 5.74) is 3.49. The van der Waals surface area contributed by atoms with Crippen molar-refractivity contribution < 1.29 is 14.4 Å². The first kappa shape index (κ1) is 23.0. The molecule has 0 aliphatic rings. The summed E-state index contributed by atoms with van der Waals surface area (Å²) in [6.45, 7) is 2.59. The third-order valence-electron chi connectivity index (χ3n) is 4.85. The summed E-state index contributed by atoms with van der Waals surface area (Å²) in [5, 5.41) is 8.44. The van der Waals surface area contributed by atoms with Gasteiger partial charge in [-0.05, 0) is 47.4 Å². The van der Waals surface area contributed by atoms with Crippen LogP contribution in [0.25, 0.3) is 0 Å². The number of nitrogens with one attached hydrogen (secondary N) is 3. The summed E-state index contributed by atoms with van der Waals surface area (Å²) in [6, 6.07) is 21.5. The van der Waals surface area contributed by atoms with E-state index in [-0.39, 0.29) is 23.7 Å². The molecule has 0 heterocycles. The van der Waals surface area contributed by atoms with Crippen molar-refractivity contribution >= 4 is 35.0 Å². The molecule has 0 aliphatic carbocycles. The number of amides is 3. The molecular formula is C25H24ClN3O3. The van der Waals surface area contributed by atoms with Crippen molar-refractivity contribution in [2.75, 3.05) is 5.32 Å². The van der Waals surface area contributed by atoms with Gasteiger partial charge in [0.15, 0.2) is 0 Å². The second-order valence-corrected chi connectivity index (χ2v) is 7.60. The molecule has 0 aromatic heterocycles. The molecule has 0 aliphatic heterocycles. The molecule has 6 nitrogen and oxygen atoms in total. The lowest BCUT2D eigenvalue weighted by Crippen LogP contribution is -2.35. The molecule has 0 unspecified atom stereocenters. The fraction of sp³-hybridized carbons (Fsp3) is 0.160. The highest BCUT2D eigenvalue weighted by molar-refractivity contribution is 6.40. The fourth-order valence-corrected chi connectivity index (χ4v) is 3.26. The summed E-state index contributed by atoms with van der Waals surface area (Å²) in [5.74, 6) is -2.02. The Morgan fingerprint density at radius 2 is 1.44 bits per heavy atom. The highest BCUT2D eigenvalue weighted by atomic mass is 35.5. The average Bonchev–Trinajstić information content (AvgIpc) is 2.81. The summed E-state index contributed by atoms with van der Waals surface area (Å²) >= 11 is 5.93. The van der Waals surface area contributed by atoms with Crippen LogP contribution in [0.15, 0.2) is 72.8 Å². The zero-order valence-corrected chi connectivity index (χ0v) is 18.4. The fourth-order valence-electron chi connectivity index (χ4n) is 3.05. The van der Waals surface area contributed by atoms with Crippen molar-refractivity contribution in [2.24, 2.45) is 0 Å². The molecule has 0 atom stereocenters. The van der Waals surface area contributed by atoms with Crippen molar-refractivity contribution in [1.82, 2.24) is 10.6 Å². The molecule has 3 amide bonds. The van der Waals surface area contributed by atoms with Crippen LogP contribution in [-0.2, 0) is 29.1 Å². The lowest BCUT2D eigenvalue weighted by molar-refractivity contribution is -0.136. The Labute approximate surface area is 192 Å². The lowest BCUT2D eigenvalue weighted by Gasteiger charge is -2.12. The maximum absolute atomic E-state index is 12.7. The smallest absolute Gasteiger partial charge is 0.313 e. The standard InChI is InChI=1S/C25H24ClN3O3/c1-2-17-10-12-18(13-11-17)15-27-23(30)21-8-3-4-9-22(21)29-25(32)24(31)28-16-19-6-5-7-20(26)14-19/h3-14H,2,15-16H2,1H3,(H,27,30)(H,28,31)(H,29,32). The highest BCUT2D eigenvalue weighted by Gasteiger charge is 2.17. The zero-order chi connectivity index (χ0) is 22.9. The van der Waals surface area contributed by atoms with Crippen LogP contribution in [0.1, 0.15) is 34.0 Å². The number of carbonyl (C=O) groups excluding carboxylic acids is 3. The number of halogens is 1. The van der Waals surface area contributed by atoms with E-state index in [2.05, 4.69) is 22.9 Å². The van der Waals surface area contributed by atoms with Gasteiger partial charge in [0.25, 0.3) is 5.91 Å². The van der Waals surface area contributed by atoms with Crippen molar-refractivity contribution in [3.05, 3.63) is 100 Å². The maximum Gasteiger partial charge on any atom is 0.313 e. The van der Waals surface area contributed by atoms with E-state index in [0.29, 0.717) is 11.6 Å². The minimum atomic E-state index is -0.859. The number of hydrogen-bond acceptors (Lipinski definition) is 3. The number of hydrogen-bond donors (Lipinski definition) is 3. The number of benzene rings is 3. The first-order chi connectivity index (χ1) is 15.5. The predicted octanol–water partition coefficient (Wildman–Crippen LogP) is 4.09. The van der Waals surface area contributed by atoms with Crippen LogP contribution < -0.4 is 16.0 Å². The van der Waals surface area contributed by atoms with Gasteiger partial charge in [-0.15, -0.1) is 0 Å². The van der Waals surface area contributed by atoms with Crippen LogP contribution in [0, 0.1) is 0 Å². The Balaban J connectivity index is 1.58. The first-order valence-electron chi connectivity index (χ1n) is 10.2. The predicted molar refractivity (Wildman–Crippen MR) is 125 cm³/mol. The molecule has 164 valence electrons.